The Hall–Kier alpha value is -1.40. The molecule has 0 heterocycles. The molecule has 2 unspecified atom stereocenters. The summed E-state index contributed by atoms with van der Waals surface area (Å²) in [6, 6.07) is 6.12. The van der Waals surface area contributed by atoms with Crippen molar-refractivity contribution in [1.82, 2.24) is 5.32 Å². The summed E-state index contributed by atoms with van der Waals surface area (Å²) in [5, 5.41) is 2.99. The predicted octanol–water partition coefficient (Wildman–Crippen LogP) is 0.947. The Labute approximate surface area is 119 Å². The zero-order valence-corrected chi connectivity index (χ0v) is 12.3. The van der Waals surface area contributed by atoms with Crippen LogP contribution in [0.4, 0.5) is 0 Å². The van der Waals surface area contributed by atoms with E-state index in [-0.39, 0.29) is 16.8 Å². The van der Waals surface area contributed by atoms with Crippen molar-refractivity contribution in [2.45, 2.75) is 30.2 Å². The van der Waals surface area contributed by atoms with E-state index in [2.05, 4.69) is 5.32 Å². The molecule has 1 aromatic carbocycles. The van der Waals surface area contributed by atoms with Gasteiger partial charge in [-0.1, -0.05) is 6.42 Å². The van der Waals surface area contributed by atoms with Gasteiger partial charge in [0.25, 0.3) is 5.91 Å². The lowest BCUT2D eigenvalue weighted by atomic mass is 10.0. The summed E-state index contributed by atoms with van der Waals surface area (Å²) in [5.74, 6) is 0.171. The van der Waals surface area contributed by atoms with Gasteiger partial charge in [0.1, 0.15) is 0 Å². The number of amides is 1. The molecule has 6 heteroatoms. The third-order valence-electron chi connectivity index (χ3n) is 3.82. The maximum atomic E-state index is 12.1. The van der Waals surface area contributed by atoms with Crippen molar-refractivity contribution in [3.8, 4) is 0 Å². The van der Waals surface area contributed by atoms with Crippen LogP contribution in [0.1, 0.15) is 29.6 Å². The molecule has 1 amide bonds. The van der Waals surface area contributed by atoms with E-state index in [1.54, 1.807) is 0 Å². The van der Waals surface area contributed by atoms with E-state index in [1.165, 1.54) is 24.3 Å². The summed E-state index contributed by atoms with van der Waals surface area (Å²) in [5.41, 5.74) is 6.16. The maximum Gasteiger partial charge on any atom is 0.251 e. The first-order valence-electron chi connectivity index (χ1n) is 6.73. The molecule has 0 aromatic heterocycles. The second-order valence-electron chi connectivity index (χ2n) is 5.30. The zero-order chi connectivity index (χ0) is 14.8. The van der Waals surface area contributed by atoms with Crippen LogP contribution in [0.2, 0.25) is 0 Å². The number of benzene rings is 1. The number of nitrogens with one attached hydrogen (secondary N) is 1. The number of nitrogens with two attached hydrogens (primary N) is 1. The van der Waals surface area contributed by atoms with Crippen LogP contribution in [0.15, 0.2) is 29.2 Å². The molecule has 1 aliphatic rings. The first-order valence-corrected chi connectivity index (χ1v) is 8.62. The van der Waals surface area contributed by atoms with E-state index in [9.17, 15) is 13.2 Å². The molecule has 0 saturated heterocycles. The van der Waals surface area contributed by atoms with Crippen LogP contribution in [-0.2, 0) is 9.84 Å². The smallest absolute Gasteiger partial charge is 0.251 e. The first-order chi connectivity index (χ1) is 9.41. The van der Waals surface area contributed by atoms with Crippen molar-refractivity contribution in [3.63, 3.8) is 0 Å². The zero-order valence-electron chi connectivity index (χ0n) is 11.5. The normalized spacial score (nSPS) is 22.7. The van der Waals surface area contributed by atoms with Gasteiger partial charge in [0.05, 0.1) is 4.90 Å². The molecule has 1 aromatic rings. The molecule has 20 heavy (non-hydrogen) atoms. The van der Waals surface area contributed by atoms with E-state index in [4.69, 9.17) is 5.73 Å². The van der Waals surface area contributed by atoms with Gasteiger partial charge in [-0.15, -0.1) is 0 Å². The summed E-state index contributed by atoms with van der Waals surface area (Å²) in [4.78, 5) is 12.3. The number of sulfone groups is 1. The molecule has 0 spiro atoms. The molecule has 110 valence electrons. The molecule has 0 radical (unpaired) electrons. The monoisotopic (exact) mass is 296 g/mol. The lowest BCUT2D eigenvalue weighted by Crippen LogP contribution is -2.39. The van der Waals surface area contributed by atoms with Gasteiger partial charge in [-0.25, -0.2) is 8.42 Å². The minimum Gasteiger partial charge on any atom is -0.349 e. The van der Waals surface area contributed by atoms with E-state index < -0.39 is 9.84 Å². The molecule has 2 atom stereocenters. The summed E-state index contributed by atoms with van der Waals surface area (Å²) < 4.78 is 22.7. The Balaban J connectivity index is 2.06. The van der Waals surface area contributed by atoms with Gasteiger partial charge >= 0.3 is 0 Å². The standard InChI is InChI=1S/C14H20N2O3S/c1-20(18,19)12-7-5-10(6-8-12)14(17)16-13-4-2-3-11(13)9-15/h5-8,11,13H,2-4,9,15H2,1H3,(H,16,17). The van der Waals surface area contributed by atoms with Crippen LogP contribution in [0, 0.1) is 5.92 Å². The fraction of sp³-hybridized carbons (Fsp3) is 0.500. The van der Waals surface area contributed by atoms with Gasteiger partial charge < -0.3 is 11.1 Å². The van der Waals surface area contributed by atoms with Crippen LogP contribution in [-0.4, -0.2) is 33.2 Å². The second-order valence-corrected chi connectivity index (χ2v) is 7.32. The van der Waals surface area contributed by atoms with Crippen LogP contribution in [0.25, 0.3) is 0 Å². The fourth-order valence-corrected chi connectivity index (χ4v) is 3.24. The Morgan fingerprint density at radius 2 is 1.95 bits per heavy atom. The highest BCUT2D eigenvalue weighted by atomic mass is 32.2. The Morgan fingerprint density at radius 3 is 2.50 bits per heavy atom. The highest BCUT2D eigenvalue weighted by molar-refractivity contribution is 7.90. The molecular weight excluding hydrogens is 276 g/mol. The largest absolute Gasteiger partial charge is 0.349 e. The van der Waals surface area contributed by atoms with Gasteiger partial charge in [0.15, 0.2) is 9.84 Å². The maximum absolute atomic E-state index is 12.1. The molecule has 0 bridgehead atoms. The highest BCUT2D eigenvalue weighted by Crippen LogP contribution is 2.24. The molecule has 0 aliphatic heterocycles. The number of hydrogen-bond acceptors (Lipinski definition) is 4. The Morgan fingerprint density at radius 1 is 1.30 bits per heavy atom. The molecule has 1 aliphatic carbocycles. The van der Waals surface area contributed by atoms with Crippen molar-refractivity contribution in [2.75, 3.05) is 12.8 Å². The van der Waals surface area contributed by atoms with Gasteiger partial charge in [0, 0.05) is 17.9 Å². The minimum absolute atomic E-state index is 0.127. The fourth-order valence-electron chi connectivity index (χ4n) is 2.61. The van der Waals surface area contributed by atoms with Crippen LogP contribution in [0.3, 0.4) is 0 Å². The van der Waals surface area contributed by atoms with E-state index in [1.807, 2.05) is 0 Å². The molecule has 1 saturated carbocycles. The van der Waals surface area contributed by atoms with Crippen molar-refractivity contribution in [1.29, 1.82) is 0 Å². The summed E-state index contributed by atoms with van der Waals surface area (Å²) in [6.07, 6.45) is 4.23. The predicted molar refractivity (Wildman–Crippen MR) is 77.2 cm³/mol. The SMILES string of the molecule is CS(=O)(=O)c1ccc(C(=O)NC2CCCC2CN)cc1. The molecular formula is C14H20N2O3S. The molecule has 1 fully saturated rings. The molecule has 2 rings (SSSR count). The Bertz CT molecular complexity index is 581. The number of carbonyl (C=O) groups is 1. The topological polar surface area (TPSA) is 89.3 Å². The van der Waals surface area contributed by atoms with Gasteiger partial charge in [-0.3, -0.25) is 4.79 Å². The third-order valence-corrected chi connectivity index (χ3v) is 4.95. The molecule has 5 nitrogen and oxygen atoms in total. The number of rotatable bonds is 4. The van der Waals surface area contributed by atoms with Crippen molar-refractivity contribution in [2.24, 2.45) is 11.7 Å². The van der Waals surface area contributed by atoms with E-state index >= 15 is 0 Å². The van der Waals surface area contributed by atoms with Crippen LogP contribution < -0.4 is 11.1 Å². The van der Waals surface area contributed by atoms with Crippen LogP contribution >= 0.6 is 0 Å². The van der Waals surface area contributed by atoms with Crippen molar-refractivity contribution >= 4 is 15.7 Å². The summed E-state index contributed by atoms with van der Waals surface area (Å²) in [7, 11) is -3.23. The summed E-state index contributed by atoms with van der Waals surface area (Å²) in [6.45, 7) is 0.581. The average Bonchev–Trinajstić information content (AvgIpc) is 2.85. The van der Waals surface area contributed by atoms with E-state index in [0.29, 0.717) is 18.0 Å². The van der Waals surface area contributed by atoms with Gasteiger partial charge in [-0.05, 0) is 49.6 Å². The molecule has 3 N–H and O–H groups in total. The van der Waals surface area contributed by atoms with Gasteiger partial charge in [0.2, 0.25) is 0 Å². The van der Waals surface area contributed by atoms with Crippen LogP contribution in [0.5, 0.6) is 0 Å². The quantitative estimate of drug-likeness (QED) is 0.865. The number of hydrogen-bond donors (Lipinski definition) is 2. The van der Waals surface area contributed by atoms with Crippen molar-refractivity contribution in [3.05, 3.63) is 29.8 Å². The van der Waals surface area contributed by atoms with Gasteiger partial charge in [-0.2, -0.15) is 0 Å². The van der Waals surface area contributed by atoms with E-state index in [0.717, 1.165) is 25.5 Å². The minimum atomic E-state index is -3.23. The third kappa shape index (κ3) is 3.37. The second kappa shape index (κ2) is 5.93. The van der Waals surface area contributed by atoms with Crippen molar-refractivity contribution < 1.29 is 13.2 Å². The first kappa shape index (κ1) is 15.0. The average molecular weight is 296 g/mol. The summed E-state index contributed by atoms with van der Waals surface area (Å²) >= 11 is 0. The lowest BCUT2D eigenvalue weighted by Gasteiger charge is -2.19. The highest BCUT2D eigenvalue weighted by Gasteiger charge is 2.27. The lowest BCUT2D eigenvalue weighted by molar-refractivity contribution is 0.0928. The Kier molecular flexibility index (Phi) is 4.45. The number of carbonyl (C=O) groups excluding carboxylic acids is 1.